The Morgan fingerprint density at radius 3 is 2.62 bits per heavy atom. The number of hydrogen-bond donors (Lipinski definition) is 1. The van der Waals surface area contributed by atoms with E-state index in [0.29, 0.717) is 6.54 Å². The maximum Gasteiger partial charge on any atom is 0.433 e. The van der Waals surface area contributed by atoms with E-state index in [2.05, 4.69) is 10.2 Å². The minimum Gasteiger partial charge on any atom is -0.465 e. The van der Waals surface area contributed by atoms with Crippen LogP contribution < -0.4 is 5.32 Å². The molecule has 3 heterocycles. The van der Waals surface area contributed by atoms with Crippen LogP contribution in [0.5, 0.6) is 0 Å². The topological polar surface area (TPSA) is 102 Å². The smallest absolute Gasteiger partial charge is 0.433 e. The fraction of sp³-hybridized carbons (Fsp3) is 0.438. The van der Waals surface area contributed by atoms with Crippen molar-refractivity contribution in [2.45, 2.75) is 25.8 Å². The lowest BCUT2D eigenvalue weighted by Gasteiger charge is -2.25. The summed E-state index contributed by atoms with van der Waals surface area (Å²) in [7, 11) is 0. The molecule has 1 unspecified atom stereocenters. The molecule has 1 saturated heterocycles. The quantitative estimate of drug-likeness (QED) is 0.644. The van der Waals surface area contributed by atoms with E-state index < -0.39 is 16.7 Å². The first-order valence-corrected chi connectivity index (χ1v) is 7.87. The number of nitro groups is 1. The predicted molar refractivity (Wildman–Crippen MR) is 84.7 cm³/mol. The summed E-state index contributed by atoms with van der Waals surface area (Å²) in [6.07, 6.45) is 2.24. The molecule has 0 aliphatic carbocycles. The van der Waals surface area contributed by atoms with Gasteiger partial charge in [-0.3, -0.25) is 19.8 Å². The normalized spacial score (nSPS) is 16.2. The number of carbonyl (C=O) groups is 1. The highest BCUT2D eigenvalue weighted by Gasteiger charge is 2.27. The van der Waals surface area contributed by atoms with Crippen molar-refractivity contribution in [1.29, 1.82) is 0 Å². The van der Waals surface area contributed by atoms with E-state index in [0.717, 1.165) is 37.5 Å². The van der Waals surface area contributed by atoms with E-state index in [9.17, 15) is 14.9 Å². The van der Waals surface area contributed by atoms with Crippen LogP contribution in [0, 0.1) is 17.0 Å². The van der Waals surface area contributed by atoms with Crippen LogP contribution in [0.25, 0.3) is 0 Å². The Kier molecular flexibility index (Phi) is 4.66. The van der Waals surface area contributed by atoms with E-state index >= 15 is 0 Å². The first kappa shape index (κ1) is 16.3. The van der Waals surface area contributed by atoms with Gasteiger partial charge in [0.05, 0.1) is 12.1 Å². The molecule has 24 heavy (non-hydrogen) atoms. The number of aryl methyl sites for hydroxylation is 1. The van der Waals surface area contributed by atoms with Gasteiger partial charge in [0.1, 0.15) is 16.4 Å². The van der Waals surface area contributed by atoms with Gasteiger partial charge in [0.25, 0.3) is 5.91 Å². The van der Waals surface area contributed by atoms with Gasteiger partial charge in [-0.1, -0.05) is 0 Å². The van der Waals surface area contributed by atoms with Crippen LogP contribution in [0.1, 0.15) is 41.0 Å². The lowest BCUT2D eigenvalue weighted by molar-refractivity contribution is -0.402. The zero-order valence-electron chi connectivity index (χ0n) is 13.4. The van der Waals surface area contributed by atoms with Crippen LogP contribution in [-0.4, -0.2) is 35.4 Å². The van der Waals surface area contributed by atoms with E-state index in [-0.39, 0.29) is 11.8 Å². The summed E-state index contributed by atoms with van der Waals surface area (Å²) in [6.45, 7) is 4.13. The van der Waals surface area contributed by atoms with Crippen molar-refractivity contribution in [3.05, 3.63) is 51.7 Å². The molecule has 1 aliphatic rings. The van der Waals surface area contributed by atoms with Gasteiger partial charge < -0.3 is 14.2 Å². The third kappa shape index (κ3) is 3.48. The molecule has 0 bridgehead atoms. The zero-order valence-corrected chi connectivity index (χ0v) is 13.4. The molecule has 3 rings (SSSR count). The second-order valence-electron chi connectivity index (χ2n) is 5.81. The van der Waals surface area contributed by atoms with Gasteiger partial charge in [-0.15, -0.1) is 0 Å². The summed E-state index contributed by atoms with van der Waals surface area (Å²) >= 11 is 0. The van der Waals surface area contributed by atoms with Gasteiger partial charge >= 0.3 is 5.88 Å². The third-order valence-corrected chi connectivity index (χ3v) is 4.12. The number of hydrogen-bond acceptors (Lipinski definition) is 6. The van der Waals surface area contributed by atoms with Crippen LogP contribution in [-0.2, 0) is 0 Å². The van der Waals surface area contributed by atoms with E-state index in [4.69, 9.17) is 8.83 Å². The molecular formula is C16H19N3O5. The minimum atomic E-state index is -0.671. The third-order valence-electron chi connectivity index (χ3n) is 4.12. The van der Waals surface area contributed by atoms with Crippen molar-refractivity contribution < 1.29 is 18.6 Å². The maximum atomic E-state index is 12.2. The highest BCUT2D eigenvalue weighted by Crippen LogP contribution is 2.26. The maximum absolute atomic E-state index is 12.2. The lowest BCUT2D eigenvalue weighted by atomic mass is 10.2. The fourth-order valence-corrected chi connectivity index (χ4v) is 2.92. The molecule has 8 heteroatoms. The Morgan fingerprint density at radius 2 is 2.04 bits per heavy atom. The molecule has 128 valence electrons. The van der Waals surface area contributed by atoms with Crippen molar-refractivity contribution in [2.24, 2.45) is 0 Å². The molecule has 1 amide bonds. The minimum absolute atomic E-state index is 0.0601. The monoisotopic (exact) mass is 333 g/mol. The van der Waals surface area contributed by atoms with E-state index in [1.54, 1.807) is 0 Å². The first-order chi connectivity index (χ1) is 11.5. The molecule has 0 aromatic carbocycles. The first-order valence-electron chi connectivity index (χ1n) is 7.87. The van der Waals surface area contributed by atoms with Gasteiger partial charge in [-0.25, -0.2) is 0 Å². The van der Waals surface area contributed by atoms with E-state index in [1.807, 2.05) is 19.1 Å². The lowest BCUT2D eigenvalue weighted by Crippen LogP contribution is -2.36. The fourth-order valence-electron chi connectivity index (χ4n) is 2.92. The molecule has 1 atom stereocenters. The molecule has 1 fully saturated rings. The molecule has 1 N–H and O–H groups in total. The molecule has 0 radical (unpaired) electrons. The Morgan fingerprint density at radius 1 is 1.29 bits per heavy atom. The summed E-state index contributed by atoms with van der Waals surface area (Å²) in [5.74, 6) is 0.633. The zero-order chi connectivity index (χ0) is 17.1. The molecule has 2 aromatic rings. The van der Waals surface area contributed by atoms with Gasteiger partial charge in [-0.05, 0) is 51.1 Å². The second kappa shape index (κ2) is 6.88. The standard InChI is InChI=1S/C16H19N3O5/c1-11-4-5-13(23-11)12(18-8-2-3-9-18)10-17-16(20)14-6-7-15(24-14)19(21)22/h4-7,12H,2-3,8-10H2,1H3,(H,17,20). The van der Waals surface area contributed by atoms with Crippen LogP contribution in [0.4, 0.5) is 5.88 Å². The van der Waals surface area contributed by atoms with E-state index in [1.165, 1.54) is 12.1 Å². The molecule has 2 aromatic heterocycles. The van der Waals surface area contributed by atoms with Gasteiger partial charge in [0.2, 0.25) is 0 Å². The van der Waals surface area contributed by atoms with Crippen molar-refractivity contribution in [3.8, 4) is 0 Å². The highest BCUT2D eigenvalue weighted by molar-refractivity contribution is 5.91. The molecule has 1 aliphatic heterocycles. The number of amides is 1. The molecule has 0 saturated carbocycles. The predicted octanol–water partition coefficient (Wildman–Crippen LogP) is 2.66. The number of furan rings is 2. The van der Waals surface area contributed by atoms with Crippen molar-refractivity contribution in [3.63, 3.8) is 0 Å². The molecule has 8 nitrogen and oxygen atoms in total. The van der Waals surface area contributed by atoms with Crippen LogP contribution in [0.15, 0.2) is 33.1 Å². The SMILES string of the molecule is Cc1ccc(C(CNC(=O)c2ccc([N+](=O)[O-])o2)N2CCCC2)o1. The molecule has 0 spiro atoms. The molecular weight excluding hydrogens is 314 g/mol. The Hall–Kier alpha value is -2.61. The number of nitrogens with one attached hydrogen (secondary N) is 1. The average Bonchev–Trinajstić information content (AvgIpc) is 3.29. The van der Waals surface area contributed by atoms with Gasteiger partial charge in [0, 0.05) is 6.54 Å². The summed E-state index contributed by atoms with van der Waals surface area (Å²) in [5, 5.41) is 13.4. The number of carbonyl (C=O) groups excluding carboxylic acids is 1. The number of likely N-dealkylation sites (tertiary alicyclic amines) is 1. The number of rotatable bonds is 6. The summed E-state index contributed by atoms with van der Waals surface area (Å²) in [6, 6.07) is 6.23. The summed E-state index contributed by atoms with van der Waals surface area (Å²) in [4.78, 5) is 24.4. The van der Waals surface area contributed by atoms with Gasteiger partial charge in [-0.2, -0.15) is 0 Å². The van der Waals surface area contributed by atoms with Crippen molar-refractivity contribution in [1.82, 2.24) is 10.2 Å². The Labute approximate surface area is 138 Å². The van der Waals surface area contributed by atoms with Crippen LogP contribution in [0.2, 0.25) is 0 Å². The summed E-state index contributed by atoms with van der Waals surface area (Å²) < 4.78 is 10.7. The van der Waals surface area contributed by atoms with Crippen molar-refractivity contribution >= 4 is 11.8 Å². The van der Waals surface area contributed by atoms with Gasteiger partial charge in [0.15, 0.2) is 5.76 Å². The van der Waals surface area contributed by atoms with Crippen LogP contribution >= 0.6 is 0 Å². The highest BCUT2D eigenvalue weighted by atomic mass is 16.6. The largest absolute Gasteiger partial charge is 0.465 e. The Balaban J connectivity index is 1.68. The average molecular weight is 333 g/mol. The second-order valence-corrected chi connectivity index (χ2v) is 5.81. The van der Waals surface area contributed by atoms with Crippen molar-refractivity contribution in [2.75, 3.05) is 19.6 Å². The Bertz CT molecular complexity index is 730. The number of nitrogens with zero attached hydrogens (tertiary/aromatic N) is 2. The van der Waals surface area contributed by atoms with Crippen LogP contribution in [0.3, 0.4) is 0 Å². The summed E-state index contributed by atoms with van der Waals surface area (Å²) in [5.41, 5.74) is 0.